The summed E-state index contributed by atoms with van der Waals surface area (Å²) < 4.78 is 5.81. The molecule has 0 saturated carbocycles. The second kappa shape index (κ2) is 11.4. The quantitative estimate of drug-likeness (QED) is 0.345. The lowest BCUT2D eigenvalue weighted by molar-refractivity contribution is 0.249. The maximum absolute atomic E-state index is 5.81. The van der Waals surface area contributed by atoms with Gasteiger partial charge in [0.15, 0.2) is 5.96 Å². The van der Waals surface area contributed by atoms with Crippen LogP contribution in [0.3, 0.4) is 0 Å². The van der Waals surface area contributed by atoms with Crippen LogP contribution in [0.15, 0.2) is 45.9 Å². The van der Waals surface area contributed by atoms with Gasteiger partial charge in [0.05, 0.1) is 12.7 Å². The molecule has 0 spiro atoms. The highest BCUT2D eigenvalue weighted by Gasteiger charge is 2.19. The van der Waals surface area contributed by atoms with Gasteiger partial charge in [-0.3, -0.25) is 9.89 Å². The van der Waals surface area contributed by atoms with Crippen molar-refractivity contribution >= 4 is 29.9 Å². The minimum atomic E-state index is -0.0378. The molecule has 156 valence electrons. The molecule has 1 aromatic carbocycles. The van der Waals surface area contributed by atoms with E-state index in [1.807, 2.05) is 6.07 Å². The van der Waals surface area contributed by atoms with Crippen LogP contribution in [0.2, 0.25) is 0 Å². The molecule has 0 aliphatic heterocycles. The predicted octanol–water partition coefficient (Wildman–Crippen LogP) is 3.78. The lowest BCUT2D eigenvalue weighted by atomic mass is 9.94. The molecule has 7 heteroatoms. The zero-order chi connectivity index (χ0) is 19.9. The van der Waals surface area contributed by atoms with Crippen molar-refractivity contribution in [2.45, 2.75) is 52.2 Å². The molecule has 0 aliphatic rings. The fourth-order valence-electron chi connectivity index (χ4n) is 2.55. The van der Waals surface area contributed by atoms with Crippen LogP contribution in [-0.4, -0.2) is 42.5 Å². The van der Waals surface area contributed by atoms with Crippen LogP contribution < -0.4 is 10.6 Å². The number of hydrogen-bond donors (Lipinski definition) is 2. The average Bonchev–Trinajstić information content (AvgIpc) is 3.12. The van der Waals surface area contributed by atoms with E-state index in [-0.39, 0.29) is 29.4 Å². The highest BCUT2D eigenvalue weighted by molar-refractivity contribution is 14.0. The lowest BCUT2D eigenvalue weighted by Crippen LogP contribution is -2.44. The largest absolute Gasteiger partial charge is 0.443 e. The van der Waals surface area contributed by atoms with Crippen LogP contribution in [0.1, 0.15) is 44.9 Å². The summed E-state index contributed by atoms with van der Waals surface area (Å²) in [6, 6.07) is 10.9. The number of likely N-dealkylation sites (N-methyl/N-ethyl adjacent to an activating group) is 1. The van der Waals surface area contributed by atoms with E-state index in [4.69, 9.17) is 4.42 Å². The molecule has 28 heavy (non-hydrogen) atoms. The summed E-state index contributed by atoms with van der Waals surface area (Å²) in [4.78, 5) is 10.9. The Morgan fingerprint density at radius 3 is 2.46 bits per heavy atom. The molecular formula is C21H34IN5O. The van der Waals surface area contributed by atoms with Gasteiger partial charge in [-0.1, -0.05) is 51.1 Å². The van der Waals surface area contributed by atoms with E-state index in [0.717, 1.165) is 24.8 Å². The number of oxazole rings is 1. The Morgan fingerprint density at radius 2 is 1.89 bits per heavy atom. The molecule has 1 unspecified atom stereocenters. The van der Waals surface area contributed by atoms with Crippen LogP contribution in [0.4, 0.5) is 0 Å². The number of halogens is 1. The number of nitrogens with zero attached hydrogens (tertiary/aromatic N) is 3. The molecule has 0 bridgehead atoms. The summed E-state index contributed by atoms with van der Waals surface area (Å²) in [6.07, 6.45) is 1.80. The molecule has 0 radical (unpaired) electrons. The Bertz CT molecular complexity index is 724. The van der Waals surface area contributed by atoms with Gasteiger partial charge in [-0.2, -0.15) is 0 Å². The van der Waals surface area contributed by atoms with Crippen molar-refractivity contribution < 1.29 is 4.42 Å². The van der Waals surface area contributed by atoms with Gasteiger partial charge in [-0.05, 0) is 19.5 Å². The molecule has 1 heterocycles. The Kier molecular flexibility index (Phi) is 9.95. The summed E-state index contributed by atoms with van der Waals surface area (Å²) >= 11 is 0. The summed E-state index contributed by atoms with van der Waals surface area (Å²) in [5, 5.41) is 6.63. The van der Waals surface area contributed by atoms with Gasteiger partial charge in [0.2, 0.25) is 5.89 Å². The summed E-state index contributed by atoms with van der Waals surface area (Å²) in [7, 11) is 3.90. The topological polar surface area (TPSA) is 65.7 Å². The fourth-order valence-corrected chi connectivity index (χ4v) is 2.55. The summed E-state index contributed by atoms with van der Waals surface area (Å²) in [5.74, 6) is 2.29. The third-order valence-corrected chi connectivity index (χ3v) is 4.52. The van der Waals surface area contributed by atoms with Crippen molar-refractivity contribution in [2.75, 3.05) is 20.6 Å². The average molecular weight is 499 g/mol. The van der Waals surface area contributed by atoms with Crippen molar-refractivity contribution in [3.8, 4) is 0 Å². The third kappa shape index (κ3) is 7.79. The SMILES string of the molecule is CN=C(NCc1ncc(C(C)(C)C)o1)NCC(C)N(C)Cc1ccccc1.I. The lowest BCUT2D eigenvalue weighted by Gasteiger charge is -2.25. The van der Waals surface area contributed by atoms with E-state index in [2.05, 4.69) is 84.5 Å². The number of guanidine groups is 1. The van der Waals surface area contributed by atoms with Gasteiger partial charge in [0.1, 0.15) is 5.76 Å². The van der Waals surface area contributed by atoms with E-state index < -0.39 is 0 Å². The van der Waals surface area contributed by atoms with Crippen LogP contribution in [0.25, 0.3) is 0 Å². The van der Waals surface area contributed by atoms with Crippen LogP contribution in [0.5, 0.6) is 0 Å². The number of benzene rings is 1. The second-order valence-electron chi connectivity index (χ2n) is 7.92. The second-order valence-corrected chi connectivity index (χ2v) is 7.92. The molecular weight excluding hydrogens is 465 g/mol. The van der Waals surface area contributed by atoms with Crippen LogP contribution >= 0.6 is 24.0 Å². The fraction of sp³-hybridized carbons (Fsp3) is 0.524. The Balaban J connectivity index is 0.00000392. The van der Waals surface area contributed by atoms with Crippen molar-refractivity contribution in [3.63, 3.8) is 0 Å². The minimum Gasteiger partial charge on any atom is -0.443 e. The van der Waals surface area contributed by atoms with Crippen LogP contribution in [-0.2, 0) is 18.5 Å². The molecule has 0 amide bonds. The number of aromatic nitrogens is 1. The number of nitrogens with one attached hydrogen (secondary N) is 2. The zero-order valence-corrected chi connectivity index (χ0v) is 20.2. The van der Waals surface area contributed by atoms with Gasteiger partial charge in [0.25, 0.3) is 0 Å². The summed E-state index contributed by atoms with van der Waals surface area (Å²) in [5.41, 5.74) is 1.28. The van der Waals surface area contributed by atoms with Gasteiger partial charge in [0, 0.05) is 31.6 Å². The molecule has 2 aromatic rings. The number of rotatable bonds is 7. The molecule has 0 saturated heterocycles. The Hall–Kier alpha value is -1.61. The molecule has 1 atom stereocenters. The first kappa shape index (κ1) is 24.4. The van der Waals surface area contributed by atoms with Crippen molar-refractivity contribution in [1.82, 2.24) is 20.5 Å². The highest BCUT2D eigenvalue weighted by Crippen LogP contribution is 2.22. The molecule has 6 nitrogen and oxygen atoms in total. The van der Waals surface area contributed by atoms with Gasteiger partial charge < -0.3 is 15.1 Å². The smallest absolute Gasteiger partial charge is 0.213 e. The summed E-state index contributed by atoms with van der Waals surface area (Å²) in [6.45, 7) is 10.7. The number of aliphatic imine (C=N–C) groups is 1. The van der Waals surface area contributed by atoms with Crippen LogP contribution in [0, 0.1) is 0 Å². The van der Waals surface area contributed by atoms with E-state index in [1.165, 1.54) is 5.56 Å². The monoisotopic (exact) mass is 499 g/mol. The van der Waals surface area contributed by atoms with E-state index in [1.54, 1.807) is 13.2 Å². The molecule has 0 aliphatic carbocycles. The maximum Gasteiger partial charge on any atom is 0.213 e. The standard InChI is InChI=1S/C21H33N5O.HI/c1-16(26(6)15-17-10-8-7-9-11-17)12-24-20(22-5)25-14-19-23-13-18(27-19)21(2,3)4;/h7-11,13,16H,12,14-15H2,1-6H3,(H2,22,24,25);1H. The normalized spacial score (nSPS) is 13.2. The highest BCUT2D eigenvalue weighted by atomic mass is 127. The Labute approximate surface area is 186 Å². The maximum atomic E-state index is 5.81. The van der Waals surface area contributed by atoms with E-state index in [0.29, 0.717) is 18.5 Å². The third-order valence-electron chi connectivity index (χ3n) is 4.52. The number of hydrogen-bond acceptors (Lipinski definition) is 4. The molecule has 2 rings (SSSR count). The zero-order valence-electron chi connectivity index (χ0n) is 17.8. The van der Waals surface area contributed by atoms with Gasteiger partial charge in [-0.15, -0.1) is 24.0 Å². The van der Waals surface area contributed by atoms with E-state index >= 15 is 0 Å². The first-order valence-electron chi connectivity index (χ1n) is 9.43. The molecule has 0 fully saturated rings. The minimum absolute atomic E-state index is 0. The van der Waals surface area contributed by atoms with Crippen molar-refractivity contribution in [1.29, 1.82) is 0 Å². The predicted molar refractivity (Wildman–Crippen MR) is 126 cm³/mol. The molecule has 1 aromatic heterocycles. The first-order valence-corrected chi connectivity index (χ1v) is 9.43. The van der Waals surface area contributed by atoms with Crippen molar-refractivity contribution in [2.24, 2.45) is 4.99 Å². The van der Waals surface area contributed by atoms with Crippen molar-refractivity contribution in [3.05, 3.63) is 53.7 Å². The first-order chi connectivity index (χ1) is 12.8. The molecule has 2 N–H and O–H groups in total. The van der Waals surface area contributed by atoms with Gasteiger partial charge >= 0.3 is 0 Å². The Morgan fingerprint density at radius 1 is 1.21 bits per heavy atom. The van der Waals surface area contributed by atoms with Gasteiger partial charge in [-0.25, -0.2) is 4.98 Å². The van der Waals surface area contributed by atoms with E-state index in [9.17, 15) is 0 Å².